The van der Waals surface area contributed by atoms with Crippen LogP contribution < -0.4 is 0 Å². The van der Waals surface area contributed by atoms with Crippen LogP contribution in [0.5, 0.6) is 0 Å². The van der Waals surface area contributed by atoms with E-state index in [0.717, 1.165) is 199 Å². The van der Waals surface area contributed by atoms with E-state index < -0.39 is 0 Å². The van der Waals surface area contributed by atoms with Crippen molar-refractivity contribution in [3.05, 3.63) is 395 Å². The highest BCUT2D eigenvalue weighted by Crippen LogP contribution is 2.39. The molecule has 11 nitrogen and oxygen atoms in total. The summed E-state index contributed by atoms with van der Waals surface area (Å²) in [6.45, 7) is 0. The first-order valence-corrected chi connectivity index (χ1v) is 39.1. The molecule has 0 aliphatic rings. The maximum atomic E-state index is 5.18. The molecule has 0 saturated carbocycles. The summed E-state index contributed by atoms with van der Waals surface area (Å²) in [6.07, 6.45) is 7.41. The third-order valence-corrected chi connectivity index (χ3v) is 22.4. The molecule has 0 aliphatic heterocycles. The van der Waals surface area contributed by atoms with Crippen molar-refractivity contribution in [3.63, 3.8) is 0 Å². The van der Waals surface area contributed by atoms with Gasteiger partial charge >= 0.3 is 0 Å². The summed E-state index contributed by atoms with van der Waals surface area (Å²) in [5.74, 6) is 0.675. The Hall–Kier alpha value is -16.0. The van der Waals surface area contributed by atoms with E-state index in [1.807, 2.05) is 61.2 Å². The molecule has 0 radical (unpaired) electrons. The predicted octanol–water partition coefficient (Wildman–Crippen LogP) is 26.3. The molecule has 0 spiro atoms. The van der Waals surface area contributed by atoms with Crippen LogP contribution in [0.3, 0.4) is 0 Å². The van der Waals surface area contributed by atoms with E-state index in [9.17, 15) is 0 Å². The number of rotatable bonds is 11. The van der Waals surface area contributed by atoms with Gasteiger partial charge in [0.05, 0.1) is 89.5 Å². The monoisotopic (exact) mass is 1490 g/mol. The molecule has 117 heavy (non-hydrogen) atoms. The van der Waals surface area contributed by atoms with Crippen molar-refractivity contribution < 1.29 is 0 Å². The maximum absolute atomic E-state index is 5.18. The molecule has 0 bridgehead atoms. The number of aromatic nitrogens is 11. The van der Waals surface area contributed by atoms with E-state index in [1.165, 1.54) is 21.8 Å². The molecule has 23 rings (SSSR count). The summed E-state index contributed by atoms with van der Waals surface area (Å²) in [7, 11) is 0. The lowest BCUT2D eigenvalue weighted by atomic mass is 9.99. The van der Waals surface area contributed by atoms with Crippen LogP contribution in [0.4, 0.5) is 0 Å². The van der Waals surface area contributed by atoms with E-state index >= 15 is 0 Å². The average molecular weight is 1490 g/mol. The molecule has 23 aromatic rings. The molecule has 11 heteroatoms. The summed E-state index contributed by atoms with van der Waals surface area (Å²) in [5, 5.41) is 12.4. The highest BCUT2D eigenvalue weighted by atomic mass is 15.0. The molecular formula is C106H65N11. The molecule has 0 fully saturated rings. The Morgan fingerprint density at radius 2 is 0.632 bits per heavy atom. The summed E-state index contributed by atoms with van der Waals surface area (Å²) in [4.78, 5) is 49.4. The number of nitrogens with zero attached hydrogens (tertiary/aromatic N) is 11. The first kappa shape index (κ1) is 67.9. The summed E-state index contributed by atoms with van der Waals surface area (Å²) in [6, 6.07) is 129. The van der Waals surface area contributed by atoms with Gasteiger partial charge < -0.3 is 4.57 Å². The van der Waals surface area contributed by atoms with Crippen molar-refractivity contribution >= 4 is 109 Å². The Morgan fingerprint density at radius 1 is 0.197 bits per heavy atom. The zero-order valence-corrected chi connectivity index (χ0v) is 62.9. The molecule has 10 heterocycles. The van der Waals surface area contributed by atoms with E-state index in [-0.39, 0.29) is 0 Å². The second kappa shape index (κ2) is 28.6. The average Bonchev–Trinajstić information content (AvgIpc) is 1.60. The largest absolute Gasteiger partial charge is 0.309 e. The minimum Gasteiger partial charge on any atom is -0.309 e. The Morgan fingerprint density at radius 3 is 1.29 bits per heavy atom. The van der Waals surface area contributed by atoms with Gasteiger partial charge in [-0.1, -0.05) is 249 Å². The summed E-state index contributed by atoms with van der Waals surface area (Å²) < 4.78 is 2.34. The van der Waals surface area contributed by atoms with E-state index in [0.29, 0.717) is 5.82 Å². The van der Waals surface area contributed by atoms with Gasteiger partial charge in [-0.2, -0.15) is 0 Å². The van der Waals surface area contributed by atoms with Crippen LogP contribution in [-0.2, 0) is 0 Å². The maximum Gasteiger partial charge on any atom is 0.160 e. The molecule has 13 aromatic carbocycles. The number of hydrogen-bond donors (Lipinski definition) is 0. The van der Waals surface area contributed by atoms with Crippen LogP contribution in [0.1, 0.15) is 0 Å². The van der Waals surface area contributed by atoms with Crippen LogP contribution >= 0.6 is 0 Å². The SMILES string of the molecule is c1cc(-c2ccc3ccc(-c4ccc5nc(-c6ccc(-c7ccc8ccc9cccnc9c8n7)cc6)ccc5c4)cc3n2)c2cnccc2c1.c1ccc(-c2nc(-c3ccc(-n4c5ccccc5c5ccccc54)cc3)cc(-c3cccc(-c4ccc5cc(-c6ccc7ccc(-c8cccc9cccnc89)nc7c6)ccc5n4)c3)n2)cc1. The number of para-hydroxylation sites is 3. The lowest BCUT2D eigenvalue weighted by Gasteiger charge is -2.12. The smallest absolute Gasteiger partial charge is 0.160 e. The van der Waals surface area contributed by atoms with E-state index in [4.69, 9.17) is 34.9 Å². The van der Waals surface area contributed by atoms with Gasteiger partial charge in [-0.3, -0.25) is 15.0 Å². The first-order chi connectivity index (χ1) is 57.9. The molecule has 0 unspecified atom stereocenters. The summed E-state index contributed by atoms with van der Waals surface area (Å²) in [5.41, 5.74) is 29.0. The van der Waals surface area contributed by atoms with E-state index in [1.54, 1.807) is 0 Å². The Kier molecular flexibility index (Phi) is 16.6. The predicted molar refractivity (Wildman–Crippen MR) is 480 cm³/mol. The molecule has 0 saturated heterocycles. The fourth-order valence-corrected chi connectivity index (χ4v) is 16.4. The number of pyridine rings is 8. The van der Waals surface area contributed by atoms with Crippen LogP contribution in [0.25, 0.3) is 227 Å². The number of benzene rings is 13. The fourth-order valence-electron chi connectivity index (χ4n) is 16.4. The second-order valence-corrected chi connectivity index (χ2v) is 29.5. The topological polar surface area (TPSA) is 134 Å². The standard InChI is InChI=1S/C61H38N6.C45H27N5/c1-2-11-42(12-3-1)61-65-56(40-24-29-48(30-25-40)67-58-20-6-4-17-49(58)50-18-5-7-21-59(50)67)38-57(66-61)46-15-8-14-45(36-46)52-32-28-47-35-43(27-31-53(47)63-52)44-23-22-39-26-33-54(64-55(39)37-44)51-19-9-13-41-16-10-34-62-60(41)51;1-3-28-22-24-46-27-38(28)37(5-1)42-21-14-31-10-13-35(26-43(31)49-42)34-16-19-41-36(25-34)17-20-39(48-41)29-6-8-30(9-7-29)40-18-15-33-12-11-32-4-2-23-47-44(32)45(33)50-40/h1-38H;1-27H. The molecule has 0 amide bonds. The highest BCUT2D eigenvalue weighted by molar-refractivity contribution is 6.10. The van der Waals surface area contributed by atoms with Gasteiger partial charge in [0, 0.05) is 129 Å². The van der Waals surface area contributed by atoms with Gasteiger partial charge in [-0.05, 0) is 149 Å². The summed E-state index contributed by atoms with van der Waals surface area (Å²) >= 11 is 0. The zero-order valence-electron chi connectivity index (χ0n) is 62.9. The van der Waals surface area contributed by atoms with Gasteiger partial charge in [0.1, 0.15) is 0 Å². The third-order valence-electron chi connectivity index (χ3n) is 22.4. The Balaban J connectivity index is 0.000000148. The number of hydrogen-bond acceptors (Lipinski definition) is 10. The van der Waals surface area contributed by atoms with Crippen molar-refractivity contribution in [2.45, 2.75) is 0 Å². The molecule has 0 atom stereocenters. The minimum atomic E-state index is 0.675. The second-order valence-electron chi connectivity index (χ2n) is 29.5. The van der Waals surface area contributed by atoms with Crippen LogP contribution in [0.2, 0.25) is 0 Å². The molecule has 0 aliphatic carbocycles. The van der Waals surface area contributed by atoms with E-state index in [2.05, 4.69) is 353 Å². The molecule has 0 N–H and O–H groups in total. The van der Waals surface area contributed by atoms with Crippen molar-refractivity contribution in [1.82, 2.24) is 54.4 Å². The van der Waals surface area contributed by atoms with Crippen LogP contribution in [0.15, 0.2) is 395 Å². The van der Waals surface area contributed by atoms with Gasteiger partial charge in [0.2, 0.25) is 0 Å². The van der Waals surface area contributed by atoms with Gasteiger partial charge in [0.25, 0.3) is 0 Å². The normalized spacial score (nSPS) is 11.6. The van der Waals surface area contributed by atoms with Gasteiger partial charge in [-0.15, -0.1) is 0 Å². The van der Waals surface area contributed by atoms with Crippen molar-refractivity contribution in [3.8, 4) is 118 Å². The lowest BCUT2D eigenvalue weighted by Crippen LogP contribution is -1.97. The molecular weight excluding hydrogens is 1430 g/mol. The first-order valence-electron chi connectivity index (χ1n) is 39.1. The van der Waals surface area contributed by atoms with Crippen LogP contribution in [0, 0.1) is 0 Å². The molecule has 10 aromatic heterocycles. The third kappa shape index (κ3) is 12.7. The number of fused-ring (bicyclic) bond motifs is 12. The zero-order chi connectivity index (χ0) is 77.3. The van der Waals surface area contributed by atoms with Crippen molar-refractivity contribution in [2.24, 2.45) is 0 Å². The van der Waals surface area contributed by atoms with Crippen molar-refractivity contribution in [2.75, 3.05) is 0 Å². The lowest BCUT2D eigenvalue weighted by molar-refractivity contribution is 1.17. The highest BCUT2D eigenvalue weighted by Gasteiger charge is 2.19. The van der Waals surface area contributed by atoms with Gasteiger partial charge in [-0.25, -0.2) is 34.9 Å². The Bertz CT molecular complexity index is 7840. The van der Waals surface area contributed by atoms with Crippen LogP contribution in [-0.4, -0.2) is 54.4 Å². The molecule has 544 valence electrons. The fraction of sp³-hybridized carbons (Fsp3) is 0. The Labute approximate surface area is 672 Å². The quantitative estimate of drug-likeness (QED) is 0.115. The van der Waals surface area contributed by atoms with Crippen molar-refractivity contribution in [1.29, 1.82) is 0 Å². The van der Waals surface area contributed by atoms with Gasteiger partial charge in [0.15, 0.2) is 5.82 Å². The minimum absolute atomic E-state index is 0.675.